The number of nitrogens with one attached hydrogen (secondary N) is 1. The average Bonchev–Trinajstić information content (AvgIpc) is 2.86. The first-order valence-electron chi connectivity index (χ1n) is 6.06. The number of carbonyl (C=O) groups is 1. The van der Waals surface area contributed by atoms with Gasteiger partial charge in [0.15, 0.2) is 0 Å². The third-order valence-corrected chi connectivity index (χ3v) is 2.81. The van der Waals surface area contributed by atoms with Gasteiger partial charge in [-0.3, -0.25) is 10.1 Å². The molecule has 0 radical (unpaired) electrons. The first-order valence-corrected chi connectivity index (χ1v) is 6.44. The number of methoxy groups -OCH3 is 1. The van der Waals surface area contributed by atoms with E-state index in [1.54, 1.807) is 12.1 Å². The quantitative estimate of drug-likeness (QED) is 0.912. The van der Waals surface area contributed by atoms with E-state index in [9.17, 15) is 4.79 Å². The fraction of sp³-hybridized carbons (Fsp3) is 0.333. The molecule has 1 amide bonds. The predicted molar refractivity (Wildman–Crippen MR) is 74.1 cm³/mol. The number of ether oxygens (including phenoxy) is 1. The van der Waals surface area contributed by atoms with E-state index in [-0.39, 0.29) is 11.9 Å². The Kier molecular flexibility index (Phi) is 4.52. The first kappa shape index (κ1) is 14.3. The topological polar surface area (TPSA) is 81.9 Å². The molecule has 0 aliphatic rings. The second-order valence-electron chi connectivity index (χ2n) is 4.01. The lowest BCUT2D eigenvalue weighted by Gasteiger charge is -2.05. The summed E-state index contributed by atoms with van der Waals surface area (Å²) in [5, 5.41) is 14.5. The Hall–Kier alpha value is -2.15. The standard InChI is InChI=1S/C12H14ClN5O2/c1-3-6-18-16-12(15-17-18)14-11(19)8-4-5-10(20-2)9(13)7-8/h4-5,7H,3,6H2,1-2H3,(H,14,16,19). The van der Waals surface area contributed by atoms with Gasteiger partial charge in [-0.15, -0.1) is 5.10 Å². The highest BCUT2D eigenvalue weighted by molar-refractivity contribution is 6.32. The number of carbonyl (C=O) groups excluding carboxylic acids is 1. The number of aryl methyl sites for hydroxylation is 1. The third-order valence-electron chi connectivity index (χ3n) is 2.52. The summed E-state index contributed by atoms with van der Waals surface area (Å²) in [5.74, 6) is 0.316. The zero-order valence-corrected chi connectivity index (χ0v) is 11.9. The van der Waals surface area contributed by atoms with Gasteiger partial charge in [0.05, 0.1) is 18.7 Å². The van der Waals surface area contributed by atoms with Crippen LogP contribution in [0.4, 0.5) is 5.95 Å². The van der Waals surface area contributed by atoms with Gasteiger partial charge in [0, 0.05) is 5.56 Å². The third kappa shape index (κ3) is 3.24. The summed E-state index contributed by atoms with van der Waals surface area (Å²) in [6.45, 7) is 2.65. The van der Waals surface area contributed by atoms with E-state index in [0.29, 0.717) is 22.9 Å². The normalized spacial score (nSPS) is 10.3. The Balaban J connectivity index is 2.09. The van der Waals surface area contributed by atoms with Gasteiger partial charge < -0.3 is 4.74 Å². The lowest BCUT2D eigenvalue weighted by molar-refractivity contribution is 0.102. The Labute approximate surface area is 120 Å². The van der Waals surface area contributed by atoms with Crippen molar-refractivity contribution in [1.29, 1.82) is 0 Å². The van der Waals surface area contributed by atoms with Crippen LogP contribution in [0.3, 0.4) is 0 Å². The van der Waals surface area contributed by atoms with Crippen LogP contribution in [-0.4, -0.2) is 33.2 Å². The molecule has 20 heavy (non-hydrogen) atoms. The zero-order valence-electron chi connectivity index (χ0n) is 11.1. The summed E-state index contributed by atoms with van der Waals surface area (Å²) in [5.41, 5.74) is 0.391. The molecule has 1 heterocycles. The molecule has 1 aromatic heterocycles. The van der Waals surface area contributed by atoms with Crippen molar-refractivity contribution in [2.75, 3.05) is 12.4 Å². The molecule has 2 rings (SSSR count). The van der Waals surface area contributed by atoms with Gasteiger partial charge in [-0.05, 0) is 29.8 Å². The maximum absolute atomic E-state index is 12.0. The van der Waals surface area contributed by atoms with Gasteiger partial charge in [0.25, 0.3) is 11.9 Å². The van der Waals surface area contributed by atoms with E-state index in [0.717, 1.165) is 6.42 Å². The van der Waals surface area contributed by atoms with Crippen molar-refractivity contribution < 1.29 is 9.53 Å². The summed E-state index contributed by atoms with van der Waals surface area (Å²) in [7, 11) is 1.51. The van der Waals surface area contributed by atoms with Crippen LogP contribution in [0.15, 0.2) is 18.2 Å². The Bertz CT molecular complexity index is 614. The molecule has 0 saturated carbocycles. The number of tetrazole rings is 1. The van der Waals surface area contributed by atoms with Crippen molar-refractivity contribution in [3.05, 3.63) is 28.8 Å². The molecule has 0 aliphatic heterocycles. The SMILES string of the molecule is CCCn1nnc(NC(=O)c2ccc(OC)c(Cl)c2)n1. The zero-order chi connectivity index (χ0) is 14.5. The molecule has 2 aromatic rings. The smallest absolute Gasteiger partial charge is 0.270 e. The van der Waals surface area contributed by atoms with Gasteiger partial charge >= 0.3 is 0 Å². The van der Waals surface area contributed by atoms with Crippen LogP contribution in [0.5, 0.6) is 5.75 Å². The predicted octanol–water partition coefficient (Wildman–Crippen LogP) is 2.00. The molecule has 0 unspecified atom stereocenters. The number of rotatable bonds is 5. The van der Waals surface area contributed by atoms with Crippen LogP contribution in [0.25, 0.3) is 0 Å². The monoisotopic (exact) mass is 295 g/mol. The average molecular weight is 296 g/mol. The molecule has 0 bridgehead atoms. The fourth-order valence-electron chi connectivity index (χ4n) is 1.57. The molecule has 0 fully saturated rings. The number of hydrogen-bond donors (Lipinski definition) is 1. The molecular formula is C12H14ClN5O2. The lowest BCUT2D eigenvalue weighted by atomic mass is 10.2. The number of amides is 1. The van der Waals surface area contributed by atoms with Crippen LogP contribution in [0, 0.1) is 0 Å². The van der Waals surface area contributed by atoms with Gasteiger partial charge in [0.2, 0.25) is 0 Å². The second kappa shape index (κ2) is 6.33. The van der Waals surface area contributed by atoms with Crippen molar-refractivity contribution in [2.45, 2.75) is 19.9 Å². The number of benzene rings is 1. The van der Waals surface area contributed by atoms with E-state index in [1.165, 1.54) is 18.0 Å². The van der Waals surface area contributed by atoms with E-state index < -0.39 is 0 Å². The minimum absolute atomic E-state index is 0.162. The van der Waals surface area contributed by atoms with Crippen LogP contribution in [0.1, 0.15) is 23.7 Å². The Morgan fingerprint density at radius 3 is 2.95 bits per heavy atom. The summed E-state index contributed by atoms with van der Waals surface area (Å²) >= 11 is 5.97. The molecule has 7 nitrogen and oxygen atoms in total. The summed E-state index contributed by atoms with van der Waals surface area (Å²) in [4.78, 5) is 13.4. The van der Waals surface area contributed by atoms with Gasteiger partial charge in [-0.25, -0.2) is 0 Å². The maximum Gasteiger partial charge on any atom is 0.270 e. The lowest BCUT2D eigenvalue weighted by Crippen LogP contribution is -2.13. The Morgan fingerprint density at radius 1 is 1.50 bits per heavy atom. The van der Waals surface area contributed by atoms with E-state index in [1.807, 2.05) is 6.92 Å². The number of halogens is 1. The highest BCUT2D eigenvalue weighted by Gasteiger charge is 2.12. The number of aromatic nitrogens is 4. The summed E-state index contributed by atoms with van der Waals surface area (Å²) in [6, 6.07) is 4.75. The second-order valence-corrected chi connectivity index (χ2v) is 4.42. The molecule has 0 atom stereocenters. The number of hydrogen-bond acceptors (Lipinski definition) is 5. The van der Waals surface area contributed by atoms with E-state index in [4.69, 9.17) is 16.3 Å². The van der Waals surface area contributed by atoms with Crippen molar-refractivity contribution in [3.63, 3.8) is 0 Å². The van der Waals surface area contributed by atoms with Crippen molar-refractivity contribution in [3.8, 4) is 5.75 Å². The molecule has 8 heteroatoms. The van der Waals surface area contributed by atoms with Crippen LogP contribution in [-0.2, 0) is 6.54 Å². The Morgan fingerprint density at radius 2 is 2.30 bits per heavy atom. The molecule has 106 valence electrons. The number of anilines is 1. The highest BCUT2D eigenvalue weighted by Crippen LogP contribution is 2.25. The van der Waals surface area contributed by atoms with Crippen LogP contribution < -0.4 is 10.1 Å². The molecule has 1 aromatic carbocycles. The largest absolute Gasteiger partial charge is 0.495 e. The van der Waals surface area contributed by atoms with Crippen LogP contribution in [0.2, 0.25) is 5.02 Å². The first-order chi connectivity index (χ1) is 9.63. The van der Waals surface area contributed by atoms with Crippen LogP contribution >= 0.6 is 11.6 Å². The van der Waals surface area contributed by atoms with E-state index in [2.05, 4.69) is 20.7 Å². The van der Waals surface area contributed by atoms with Gasteiger partial charge in [0.1, 0.15) is 5.75 Å². The van der Waals surface area contributed by atoms with Crippen molar-refractivity contribution in [2.24, 2.45) is 0 Å². The van der Waals surface area contributed by atoms with Crippen molar-refractivity contribution in [1.82, 2.24) is 20.2 Å². The van der Waals surface area contributed by atoms with E-state index >= 15 is 0 Å². The minimum Gasteiger partial charge on any atom is -0.495 e. The molecule has 0 saturated heterocycles. The van der Waals surface area contributed by atoms with Crippen molar-refractivity contribution >= 4 is 23.5 Å². The number of nitrogens with zero attached hydrogens (tertiary/aromatic N) is 4. The highest BCUT2D eigenvalue weighted by atomic mass is 35.5. The van der Waals surface area contributed by atoms with Gasteiger partial charge in [-0.2, -0.15) is 4.80 Å². The molecule has 0 aliphatic carbocycles. The molecule has 0 spiro atoms. The minimum atomic E-state index is -0.356. The van der Waals surface area contributed by atoms with Gasteiger partial charge in [-0.1, -0.05) is 23.6 Å². The molecular weight excluding hydrogens is 282 g/mol. The fourth-order valence-corrected chi connectivity index (χ4v) is 1.83. The maximum atomic E-state index is 12.0. The summed E-state index contributed by atoms with van der Waals surface area (Å²) in [6.07, 6.45) is 0.887. The molecule has 1 N–H and O–H groups in total. The summed E-state index contributed by atoms with van der Waals surface area (Å²) < 4.78 is 5.03.